The summed E-state index contributed by atoms with van der Waals surface area (Å²) < 4.78 is 5.62. The first-order valence-corrected chi connectivity index (χ1v) is 6.85. The molecule has 0 saturated heterocycles. The second-order valence-electron chi connectivity index (χ2n) is 4.24. The minimum absolute atomic E-state index is 0.159. The van der Waals surface area contributed by atoms with Gasteiger partial charge in [-0.3, -0.25) is 4.79 Å². The van der Waals surface area contributed by atoms with Gasteiger partial charge in [0.1, 0.15) is 5.75 Å². The number of hydrogen-bond acceptors (Lipinski definition) is 3. The summed E-state index contributed by atoms with van der Waals surface area (Å²) in [5, 5.41) is 6.52. The Balaban J connectivity index is 2.23. The van der Waals surface area contributed by atoms with Crippen molar-refractivity contribution in [2.24, 2.45) is 5.11 Å². The minimum atomic E-state index is -0.159. The molecule has 1 N–H and O–H groups in total. The molecule has 0 atom stereocenters. The average Bonchev–Trinajstić information content (AvgIpc) is 2.44. The van der Waals surface area contributed by atoms with Gasteiger partial charge in [-0.2, -0.15) is 0 Å². The van der Waals surface area contributed by atoms with Gasteiger partial charge < -0.3 is 10.1 Å². The van der Waals surface area contributed by atoms with Crippen molar-refractivity contribution in [1.29, 1.82) is 0 Å². The highest BCUT2D eigenvalue weighted by Gasteiger charge is 2.10. The van der Waals surface area contributed by atoms with E-state index < -0.39 is 0 Å². The second kappa shape index (κ2) is 7.04. The van der Waals surface area contributed by atoms with Crippen LogP contribution in [0.1, 0.15) is 6.92 Å². The summed E-state index contributed by atoms with van der Waals surface area (Å²) in [5.74, 6) is 0.593. The van der Waals surface area contributed by atoms with Crippen LogP contribution in [-0.4, -0.2) is 5.91 Å². The fourth-order valence-corrected chi connectivity index (χ4v) is 2.23. The van der Waals surface area contributed by atoms with Gasteiger partial charge in [-0.15, -0.1) is 0 Å². The van der Waals surface area contributed by atoms with Gasteiger partial charge in [-0.1, -0.05) is 28.3 Å². The third kappa shape index (κ3) is 4.05. The van der Waals surface area contributed by atoms with Crippen LogP contribution < -0.4 is 10.1 Å². The van der Waals surface area contributed by atoms with E-state index in [0.29, 0.717) is 17.1 Å². The lowest BCUT2D eigenvalue weighted by Gasteiger charge is -2.11. The number of carbonyl (C=O) groups is 1. The zero-order valence-electron chi connectivity index (χ0n) is 11.4. The van der Waals surface area contributed by atoms with Gasteiger partial charge in [0.15, 0.2) is 5.75 Å². The smallest absolute Gasteiger partial charge is 0.221 e. The standard InChI is InChI=1S/C14H10Cl2N4O2/c1-8(21)18-9-2-4-11(5-3-9)22-14-12(15)6-10(19-20-17)7-13(14)16/h2-7H,1H3,(H,18,21). The van der Waals surface area contributed by atoms with E-state index in [1.54, 1.807) is 24.3 Å². The van der Waals surface area contributed by atoms with Crippen molar-refractivity contribution in [3.05, 3.63) is 56.9 Å². The summed E-state index contributed by atoms with van der Waals surface area (Å²) in [6.07, 6.45) is 0. The molecular formula is C14H10Cl2N4O2. The number of ether oxygens (including phenoxy) is 1. The molecule has 0 bridgehead atoms. The highest BCUT2D eigenvalue weighted by molar-refractivity contribution is 6.37. The van der Waals surface area contributed by atoms with Crippen LogP contribution >= 0.6 is 23.2 Å². The van der Waals surface area contributed by atoms with Gasteiger partial charge in [-0.05, 0) is 41.9 Å². The van der Waals surface area contributed by atoms with E-state index in [-0.39, 0.29) is 21.7 Å². The van der Waals surface area contributed by atoms with Crippen molar-refractivity contribution in [1.82, 2.24) is 0 Å². The Labute approximate surface area is 136 Å². The number of benzene rings is 2. The SMILES string of the molecule is CC(=O)Nc1ccc(Oc2c(Cl)cc(N=[N+]=[N-])cc2Cl)cc1. The summed E-state index contributed by atoms with van der Waals surface area (Å²) in [4.78, 5) is 13.6. The number of hydrogen-bond donors (Lipinski definition) is 1. The molecule has 0 aliphatic rings. The van der Waals surface area contributed by atoms with E-state index in [4.69, 9.17) is 33.5 Å². The Kier molecular flexibility index (Phi) is 5.12. The molecule has 0 unspecified atom stereocenters. The third-order valence-corrected chi connectivity index (χ3v) is 3.10. The maximum absolute atomic E-state index is 11.0. The highest BCUT2D eigenvalue weighted by atomic mass is 35.5. The van der Waals surface area contributed by atoms with E-state index in [2.05, 4.69) is 15.3 Å². The number of carbonyl (C=O) groups excluding carboxylic acids is 1. The topological polar surface area (TPSA) is 87.1 Å². The molecule has 0 spiro atoms. The molecule has 112 valence electrons. The van der Waals surface area contributed by atoms with Gasteiger partial charge in [0.2, 0.25) is 5.91 Å². The van der Waals surface area contributed by atoms with E-state index in [1.807, 2.05) is 0 Å². The van der Waals surface area contributed by atoms with Crippen LogP contribution in [0.2, 0.25) is 10.0 Å². The van der Waals surface area contributed by atoms with Crippen molar-refractivity contribution in [2.75, 3.05) is 5.32 Å². The minimum Gasteiger partial charge on any atom is -0.454 e. The van der Waals surface area contributed by atoms with Gasteiger partial charge in [0, 0.05) is 23.2 Å². The maximum Gasteiger partial charge on any atom is 0.221 e. The summed E-state index contributed by atoms with van der Waals surface area (Å²) in [5.41, 5.74) is 9.35. The second-order valence-corrected chi connectivity index (χ2v) is 5.05. The molecule has 6 nitrogen and oxygen atoms in total. The molecule has 2 rings (SSSR count). The number of halogens is 2. The van der Waals surface area contributed by atoms with Gasteiger partial charge in [-0.25, -0.2) is 0 Å². The molecule has 2 aromatic carbocycles. The van der Waals surface area contributed by atoms with Crippen molar-refractivity contribution in [3.63, 3.8) is 0 Å². The molecule has 22 heavy (non-hydrogen) atoms. The van der Waals surface area contributed by atoms with Crippen LogP contribution in [0.3, 0.4) is 0 Å². The number of anilines is 1. The molecule has 0 heterocycles. The maximum atomic E-state index is 11.0. The Hall–Kier alpha value is -2.40. The van der Waals surface area contributed by atoms with Crippen LogP contribution in [0.25, 0.3) is 10.4 Å². The first kappa shape index (κ1) is 16.0. The van der Waals surface area contributed by atoms with Crippen LogP contribution in [0.15, 0.2) is 41.5 Å². The fourth-order valence-electron chi connectivity index (χ4n) is 1.68. The fraction of sp³-hybridized carbons (Fsp3) is 0.0714. The largest absolute Gasteiger partial charge is 0.454 e. The van der Waals surface area contributed by atoms with E-state index in [0.717, 1.165) is 0 Å². The van der Waals surface area contributed by atoms with Crippen molar-refractivity contribution < 1.29 is 9.53 Å². The summed E-state index contributed by atoms with van der Waals surface area (Å²) in [6.45, 7) is 1.43. The van der Waals surface area contributed by atoms with Gasteiger partial charge >= 0.3 is 0 Å². The lowest BCUT2D eigenvalue weighted by atomic mass is 10.3. The Bertz CT molecular complexity index is 733. The van der Waals surface area contributed by atoms with Crippen LogP contribution in [0.4, 0.5) is 11.4 Å². The lowest BCUT2D eigenvalue weighted by Crippen LogP contribution is -2.05. The van der Waals surface area contributed by atoms with Crippen molar-refractivity contribution in [2.45, 2.75) is 6.92 Å². The molecule has 8 heteroatoms. The van der Waals surface area contributed by atoms with Crippen molar-refractivity contribution in [3.8, 4) is 11.5 Å². The number of azide groups is 1. The predicted octanol–water partition coefficient (Wildman–Crippen LogP) is 5.69. The summed E-state index contributed by atoms with van der Waals surface area (Å²) >= 11 is 12.1. The molecule has 0 radical (unpaired) electrons. The lowest BCUT2D eigenvalue weighted by molar-refractivity contribution is -0.114. The Morgan fingerprint density at radius 2 is 1.82 bits per heavy atom. The first-order chi connectivity index (χ1) is 10.5. The molecule has 0 aromatic heterocycles. The number of nitrogens with one attached hydrogen (secondary N) is 1. The Morgan fingerprint density at radius 3 is 2.32 bits per heavy atom. The van der Waals surface area contributed by atoms with Crippen molar-refractivity contribution >= 4 is 40.5 Å². The number of nitrogens with zero attached hydrogens (tertiary/aromatic N) is 3. The van der Waals surface area contributed by atoms with E-state index in [1.165, 1.54) is 19.1 Å². The molecule has 0 saturated carbocycles. The monoisotopic (exact) mass is 336 g/mol. The zero-order chi connectivity index (χ0) is 16.1. The number of rotatable bonds is 4. The van der Waals surface area contributed by atoms with Gasteiger partial charge in [0.05, 0.1) is 10.0 Å². The van der Waals surface area contributed by atoms with E-state index in [9.17, 15) is 4.79 Å². The zero-order valence-corrected chi connectivity index (χ0v) is 12.9. The highest BCUT2D eigenvalue weighted by Crippen LogP contribution is 2.39. The molecule has 1 amide bonds. The Morgan fingerprint density at radius 1 is 1.23 bits per heavy atom. The average molecular weight is 337 g/mol. The molecule has 2 aromatic rings. The normalized spacial score (nSPS) is 9.77. The first-order valence-electron chi connectivity index (χ1n) is 6.09. The molecular weight excluding hydrogens is 327 g/mol. The molecule has 0 aliphatic carbocycles. The summed E-state index contributed by atoms with van der Waals surface area (Å²) in [7, 11) is 0. The third-order valence-electron chi connectivity index (χ3n) is 2.54. The van der Waals surface area contributed by atoms with E-state index >= 15 is 0 Å². The summed E-state index contributed by atoms with van der Waals surface area (Å²) in [6, 6.07) is 9.61. The van der Waals surface area contributed by atoms with Crippen LogP contribution in [0, 0.1) is 0 Å². The predicted molar refractivity (Wildman–Crippen MR) is 86.1 cm³/mol. The quantitative estimate of drug-likeness (QED) is 0.441. The number of amides is 1. The molecule has 0 fully saturated rings. The van der Waals surface area contributed by atoms with Crippen LogP contribution in [-0.2, 0) is 4.79 Å². The van der Waals surface area contributed by atoms with Crippen LogP contribution in [0.5, 0.6) is 11.5 Å². The van der Waals surface area contributed by atoms with Gasteiger partial charge in [0.25, 0.3) is 0 Å². The molecule has 0 aliphatic heterocycles.